The van der Waals surface area contributed by atoms with Crippen LogP contribution in [0.2, 0.25) is 0 Å². The largest absolute Gasteiger partial charge is 0.497 e. The summed E-state index contributed by atoms with van der Waals surface area (Å²) in [6, 6.07) is 5.37. The van der Waals surface area contributed by atoms with Crippen molar-refractivity contribution >= 4 is 5.96 Å². The van der Waals surface area contributed by atoms with E-state index in [2.05, 4.69) is 29.5 Å². The number of nitrogens with one attached hydrogen (secondary N) is 2. The molecule has 142 valence electrons. The molecule has 0 aromatic heterocycles. The van der Waals surface area contributed by atoms with Crippen molar-refractivity contribution in [3.8, 4) is 11.5 Å². The Morgan fingerprint density at radius 1 is 1.12 bits per heavy atom. The van der Waals surface area contributed by atoms with Gasteiger partial charge >= 0.3 is 0 Å². The van der Waals surface area contributed by atoms with Crippen LogP contribution in [0.4, 0.5) is 0 Å². The maximum atomic E-state index is 10.4. The van der Waals surface area contributed by atoms with Gasteiger partial charge in [-0.05, 0) is 43.4 Å². The van der Waals surface area contributed by atoms with E-state index >= 15 is 0 Å². The SMILES string of the molecule is CCNC(=NCC(O)c1cc(OC)cc(OC)c1)NCCCC(C)C. The average molecular weight is 351 g/mol. The van der Waals surface area contributed by atoms with Crippen molar-refractivity contribution in [2.45, 2.75) is 39.7 Å². The molecule has 25 heavy (non-hydrogen) atoms. The second kappa shape index (κ2) is 11.6. The summed E-state index contributed by atoms with van der Waals surface area (Å²) in [4.78, 5) is 4.48. The van der Waals surface area contributed by atoms with Gasteiger partial charge in [0, 0.05) is 19.2 Å². The number of aliphatic imine (C=N–C) groups is 1. The van der Waals surface area contributed by atoms with Crippen molar-refractivity contribution in [1.82, 2.24) is 10.6 Å². The molecule has 0 spiro atoms. The van der Waals surface area contributed by atoms with Crippen molar-refractivity contribution in [2.75, 3.05) is 33.9 Å². The van der Waals surface area contributed by atoms with E-state index in [1.165, 1.54) is 6.42 Å². The Morgan fingerprint density at radius 3 is 2.28 bits per heavy atom. The maximum absolute atomic E-state index is 10.4. The third-order valence-electron chi connectivity index (χ3n) is 3.78. The lowest BCUT2D eigenvalue weighted by Crippen LogP contribution is -2.38. The van der Waals surface area contributed by atoms with Crippen LogP contribution >= 0.6 is 0 Å². The standard InChI is InChI=1S/C19H33N3O3/c1-6-20-19(21-9-7-8-14(2)3)22-13-18(23)15-10-16(24-4)12-17(11-15)25-5/h10-12,14,18,23H,6-9,13H2,1-5H3,(H2,20,21,22). The summed E-state index contributed by atoms with van der Waals surface area (Å²) in [5, 5.41) is 17.0. The molecular weight excluding hydrogens is 318 g/mol. The Labute approximate surface area is 151 Å². The first kappa shape index (κ1) is 21.1. The Kier molecular flexibility index (Phi) is 9.77. The number of ether oxygens (including phenoxy) is 2. The fourth-order valence-electron chi connectivity index (χ4n) is 2.36. The van der Waals surface area contributed by atoms with Crippen LogP contribution in [-0.2, 0) is 0 Å². The highest BCUT2D eigenvalue weighted by Gasteiger charge is 2.11. The first-order valence-corrected chi connectivity index (χ1v) is 8.93. The zero-order chi connectivity index (χ0) is 18.7. The molecule has 0 aliphatic rings. The zero-order valence-electron chi connectivity index (χ0n) is 16.1. The molecule has 0 aliphatic heterocycles. The molecule has 1 aromatic rings. The van der Waals surface area contributed by atoms with E-state index in [1.54, 1.807) is 32.4 Å². The third-order valence-corrected chi connectivity index (χ3v) is 3.78. The summed E-state index contributed by atoms with van der Waals surface area (Å²) in [5.74, 6) is 2.72. The van der Waals surface area contributed by atoms with E-state index in [0.29, 0.717) is 17.4 Å². The predicted octanol–water partition coefficient (Wildman–Crippen LogP) is 2.73. The molecule has 1 rings (SSSR count). The predicted molar refractivity (Wildman–Crippen MR) is 103 cm³/mol. The normalized spacial score (nSPS) is 12.8. The molecule has 0 saturated heterocycles. The van der Waals surface area contributed by atoms with Gasteiger partial charge in [-0.15, -0.1) is 0 Å². The highest BCUT2D eigenvalue weighted by molar-refractivity contribution is 5.79. The van der Waals surface area contributed by atoms with Crippen LogP contribution < -0.4 is 20.1 Å². The Hall–Kier alpha value is -1.95. The molecule has 0 radical (unpaired) electrons. The van der Waals surface area contributed by atoms with Crippen molar-refractivity contribution < 1.29 is 14.6 Å². The van der Waals surface area contributed by atoms with Gasteiger partial charge in [0.25, 0.3) is 0 Å². The lowest BCUT2D eigenvalue weighted by atomic mass is 10.1. The van der Waals surface area contributed by atoms with Crippen molar-refractivity contribution in [3.05, 3.63) is 23.8 Å². The third kappa shape index (κ3) is 8.12. The van der Waals surface area contributed by atoms with Crippen LogP contribution in [0, 0.1) is 5.92 Å². The topological polar surface area (TPSA) is 75.1 Å². The molecule has 6 heteroatoms. The smallest absolute Gasteiger partial charge is 0.191 e. The molecule has 0 saturated carbocycles. The van der Waals surface area contributed by atoms with Gasteiger partial charge < -0.3 is 25.2 Å². The molecule has 0 heterocycles. The molecule has 1 atom stereocenters. The van der Waals surface area contributed by atoms with Gasteiger partial charge in [0.1, 0.15) is 11.5 Å². The molecule has 0 fully saturated rings. The van der Waals surface area contributed by atoms with Crippen molar-refractivity contribution in [1.29, 1.82) is 0 Å². The number of benzene rings is 1. The van der Waals surface area contributed by atoms with Gasteiger partial charge in [-0.3, -0.25) is 4.99 Å². The van der Waals surface area contributed by atoms with Gasteiger partial charge in [0.15, 0.2) is 5.96 Å². The summed E-state index contributed by atoms with van der Waals surface area (Å²) in [5.41, 5.74) is 0.718. The molecule has 3 N–H and O–H groups in total. The number of rotatable bonds is 10. The second-order valence-electron chi connectivity index (χ2n) is 6.34. The van der Waals surface area contributed by atoms with E-state index in [9.17, 15) is 5.11 Å². The van der Waals surface area contributed by atoms with E-state index in [0.717, 1.165) is 31.0 Å². The number of aliphatic hydroxyl groups is 1. The lowest BCUT2D eigenvalue weighted by molar-refractivity contribution is 0.186. The van der Waals surface area contributed by atoms with Crippen LogP contribution in [0.15, 0.2) is 23.2 Å². The number of aliphatic hydroxyl groups excluding tert-OH is 1. The van der Waals surface area contributed by atoms with Gasteiger partial charge in [0.2, 0.25) is 0 Å². The van der Waals surface area contributed by atoms with Gasteiger partial charge in [-0.1, -0.05) is 13.8 Å². The van der Waals surface area contributed by atoms with Gasteiger partial charge in [-0.2, -0.15) is 0 Å². The minimum Gasteiger partial charge on any atom is -0.497 e. The Bertz CT molecular complexity index is 510. The number of hydrogen-bond donors (Lipinski definition) is 3. The molecule has 6 nitrogen and oxygen atoms in total. The van der Waals surface area contributed by atoms with Gasteiger partial charge in [-0.25, -0.2) is 0 Å². The quantitative estimate of drug-likeness (QED) is 0.343. The highest BCUT2D eigenvalue weighted by atomic mass is 16.5. The first-order valence-electron chi connectivity index (χ1n) is 8.93. The number of nitrogens with zero attached hydrogens (tertiary/aromatic N) is 1. The summed E-state index contributed by atoms with van der Waals surface area (Å²) in [7, 11) is 3.18. The average Bonchev–Trinajstić information content (AvgIpc) is 2.61. The molecule has 0 bridgehead atoms. The maximum Gasteiger partial charge on any atom is 0.191 e. The van der Waals surface area contributed by atoms with E-state index in [-0.39, 0.29) is 6.54 Å². The Morgan fingerprint density at radius 2 is 1.76 bits per heavy atom. The molecule has 0 amide bonds. The minimum atomic E-state index is -0.727. The van der Waals surface area contributed by atoms with Crippen LogP contribution in [-0.4, -0.2) is 44.9 Å². The summed E-state index contributed by atoms with van der Waals surface area (Å²) < 4.78 is 10.5. The molecule has 1 aromatic carbocycles. The minimum absolute atomic E-state index is 0.260. The second-order valence-corrected chi connectivity index (χ2v) is 6.34. The van der Waals surface area contributed by atoms with Crippen LogP contribution in [0.3, 0.4) is 0 Å². The van der Waals surface area contributed by atoms with Gasteiger partial charge in [0.05, 0.1) is 26.9 Å². The fraction of sp³-hybridized carbons (Fsp3) is 0.632. The number of hydrogen-bond acceptors (Lipinski definition) is 4. The molecular formula is C19H33N3O3. The van der Waals surface area contributed by atoms with Crippen molar-refractivity contribution in [3.63, 3.8) is 0 Å². The summed E-state index contributed by atoms with van der Waals surface area (Å²) in [6.45, 7) is 8.37. The number of methoxy groups -OCH3 is 2. The van der Waals surface area contributed by atoms with Crippen molar-refractivity contribution in [2.24, 2.45) is 10.9 Å². The van der Waals surface area contributed by atoms with Crippen LogP contribution in [0.5, 0.6) is 11.5 Å². The van der Waals surface area contributed by atoms with E-state index in [4.69, 9.17) is 9.47 Å². The van der Waals surface area contributed by atoms with Crippen LogP contribution in [0.25, 0.3) is 0 Å². The Balaban J connectivity index is 2.68. The zero-order valence-corrected chi connectivity index (χ0v) is 16.1. The molecule has 0 aliphatic carbocycles. The first-order chi connectivity index (χ1) is 12.0. The summed E-state index contributed by atoms with van der Waals surface area (Å²) in [6.07, 6.45) is 1.55. The highest BCUT2D eigenvalue weighted by Crippen LogP contribution is 2.26. The fourth-order valence-corrected chi connectivity index (χ4v) is 2.36. The van der Waals surface area contributed by atoms with E-state index in [1.807, 2.05) is 6.92 Å². The number of guanidine groups is 1. The monoisotopic (exact) mass is 351 g/mol. The van der Waals surface area contributed by atoms with E-state index < -0.39 is 6.10 Å². The lowest BCUT2D eigenvalue weighted by Gasteiger charge is -2.15. The summed E-state index contributed by atoms with van der Waals surface area (Å²) >= 11 is 0. The molecule has 1 unspecified atom stereocenters. The van der Waals surface area contributed by atoms with Crippen LogP contribution in [0.1, 0.15) is 45.3 Å².